The number of nitrogens with zero attached hydrogens (tertiary/aromatic N) is 2. The van der Waals surface area contributed by atoms with Gasteiger partial charge < -0.3 is 14.3 Å². The van der Waals surface area contributed by atoms with Gasteiger partial charge in [-0.25, -0.2) is 4.68 Å². The molecule has 2 aromatic carbocycles. The van der Waals surface area contributed by atoms with E-state index in [0.29, 0.717) is 10.7 Å². The average molecular weight is 385 g/mol. The Hall–Kier alpha value is -2.63. The molecule has 0 aliphatic heterocycles. The number of rotatable bonds is 7. The molecule has 0 aliphatic rings. The maximum Gasteiger partial charge on any atom is 0.151 e. The Morgan fingerprint density at radius 3 is 2.63 bits per heavy atom. The van der Waals surface area contributed by atoms with E-state index < -0.39 is 5.60 Å². The van der Waals surface area contributed by atoms with Gasteiger partial charge in [-0.15, -0.1) is 0 Å². The molecular formula is C21H21ClN2O3. The number of ether oxygens (including phenoxy) is 2. The Balaban J connectivity index is 2.05. The summed E-state index contributed by atoms with van der Waals surface area (Å²) < 4.78 is 12.8. The monoisotopic (exact) mass is 384 g/mol. The van der Waals surface area contributed by atoms with Crippen LogP contribution in [0.15, 0.2) is 54.6 Å². The fourth-order valence-electron chi connectivity index (χ4n) is 2.59. The van der Waals surface area contributed by atoms with Crippen molar-refractivity contribution in [1.82, 2.24) is 9.78 Å². The lowest BCUT2D eigenvalue weighted by atomic mass is 10.1. The van der Waals surface area contributed by atoms with Crippen molar-refractivity contribution in [3.8, 4) is 22.7 Å². The number of benzene rings is 2. The molecule has 27 heavy (non-hydrogen) atoms. The normalized spacial score (nSPS) is 11.4. The maximum absolute atomic E-state index is 11.1. The minimum Gasteiger partial charge on any atom is -0.497 e. The highest BCUT2D eigenvalue weighted by Gasteiger charge is 2.19. The zero-order chi connectivity index (χ0) is 19.4. The van der Waals surface area contributed by atoms with Gasteiger partial charge in [0.05, 0.1) is 30.8 Å². The first-order chi connectivity index (χ1) is 12.9. The molecule has 0 saturated heterocycles. The minimum atomic E-state index is -0.865. The third kappa shape index (κ3) is 4.56. The first kappa shape index (κ1) is 19.1. The number of carbonyl (C=O) groups excluding carboxylic acids is 1. The second kappa shape index (κ2) is 7.94. The van der Waals surface area contributed by atoms with Gasteiger partial charge in [-0.2, -0.15) is 5.10 Å². The van der Waals surface area contributed by atoms with E-state index in [0.717, 1.165) is 29.0 Å². The van der Waals surface area contributed by atoms with Gasteiger partial charge in [0.15, 0.2) is 6.29 Å². The number of halogens is 1. The van der Waals surface area contributed by atoms with Crippen LogP contribution in [0.2, 0.25) is 5.02 Å². The van der Waals surface area contributed by atoms with Crippen LogP contribution in [-0.2, 0) is 16.1 Å². The molecule has 0 amide bonds. The van der Waals surface area contributed by atoms with Crippen LogP contribution >= 0.6 is 11.6 Å². The van der Waals surface area contributed by atoms with Crippen molar-refractivity contribution in [1.29, 1.82) is 0 Å². The van der Waals surface area contributed by atoms with Crippen molar-refractivity contribution >= 4 is 17.9 Å². The summed E-state index contributed by atoms with van der Waals surface area (Å²) in [5.41, 5.74) is 2.50. The average Bonchev–Trinajstić information content (AvgIpc) is 3.11. The molecule has 6 heteroatoms. The zero-order valence-corrected chi connectivity index (χ0v) is 16.2. The molecule has 0 aliphatic carbocycles. The molecule has 0 radical (unpaired) electrons. The third-order valence-electron chi connectivity index (χ3n) is 4.05. The second-order valence-electron chi connectivity index (χ2n) is 6.65. The van der Waals surface area contributed by atoms with Gasteiger partial charge in [-0.3, -0.25) is 0 Å². The van der Waals surface area contributed by atoms with E-state index in [2.05, 4.69) is 5.10 Å². The number of hydrogen-bond donors (Lipinski definition) is 0. The summed E-state index contributed by atoms with van der Waals surface area (Å²) >= 11 is 6.16. The number of aldehydes is 1. The Kier molecular flexibility index (Phi) is 5.63. The lowest BCUT2D eigenvalue weighted by Gasteiger charge is -2.16. The van der Waals surface area contributed by atoms with Crippen LogP contribution in [0.25, 0.3) is 16.9 Å². The molecule has 0 unspecified atom stereocenters. The van der Waals surface area contributed by atoms with Crippen molar-refractivity contribution in [3.63, 3.8) is 0 Å². The number of carbonyl (C=O) groups is 1. The predicted molar refractivity (Wildman–Crippen MR) is 105 cm³/mol. The molecule has 5 nitrogen and oxygen atoms in total. The summed E-state index contributed by atoms with van der Waals surface area (Å²) in [4.78, 5) is 11.1. The Bertz CT molecular complexity index is 950. The molecule has 0 spiro atoms. The fraction of sp³-hybridized carbons (Fsp3) is 0.238. The quantitative estimate of drug-likeness (QED) is 0.554. The van der Waals surface area contributed by atoms with Crippen molar-refractivity contribution in [2.24, 2.45) is 0 Å². The van der Waals surface area contributed by atoms with Crippen LogP contribution in [-0.4, -0.2) is 28.8 Å². The number of aromatic nitrogens is 2. The molecule has 3 aromatic rings. The lowest BCUT2D eigenvalue weighted by Crippen LogP contribution is -2.25. The third-order valence-corrected chi connectivity index (χ3v) is 4.29. The predicted octanol–water partition coefficient (Wildman–Crippen LogP) is 4.70. The Morgan fingerprint density at radius 2 is 1.93 bits per heavy atom. The highest BCUT2D eigenvalue weighted by atomic mass is 35.5. The molecule has 0 N–H and O–H groups in total. The van der Waals surface area contributed by atoms with Crippen LogP contribution in [0.4, 0.5) is 0 Å². The second-order valence-corrected chi connectivity index (χ2v) is 7.09. The number of hydrogen-bond acceptors (Lipinski definition) is 4. The van der Waals surface area contributed by atoms with E-state index in [1.807, 2.05) is 59.3 Å². The van der Waals surface area contributed by atoms with Crippen molar-refractivity contribution in [2.75, 3.05) is 7.11 Å². The highest BCUT2D eigenvalue weighted by Crippen LogP contribution is 2.28. The maximum atomic E-state index is 11.1. The van der Waals surface area contributed by atoms with E-state index in [1.165, 1.54) is 0 Å². The summed E-state index contributed by atoms with van der Waals surface area (Å²) in [6, 6.07) is 17.2. The van der Waals surface area contributed by atoms with Gasteiger partial charge in [-0.1, -0.05) is 29.8 Å². The summed E-state index contributed by atoms with van der Waals surface area (Å²) in [5, 5.41) is 5.29. The smallest absolute Gasteiger partial charge is 0.151 e. The van der Waals surface area contributed by atoms with Gasteiger partial charge >= 0.3 is 0 Å². The lowest BCUT2D eigenvalue weighted by molar-refractivity contribution is -0.128. The van der Waals surface area contributed by atoms with Gasteiger partial charge in [-0.05, 0) is 50.2 Å². The van der Waals surface area contributed by atoms with E-state index in [4.69, 9.17) is 21.1 Å². The topological polar surface area (TPSA) is 53.4 Å². The van der Waals surface area contributed by atoms with E-state index in [1.54, 1.807) is 21.0 Å². The first-order valence-corrected chi connectivity index (χ1v) is 8.89. The van der Waals surface area contributed by atoms with E-state index in [-0.39, 0.29) is 6.61 Å². The van der Waals surface area contributed by atoms with Crippen LogP contribution in [0.5, 0.6) is 5.75 Å². The molecule has 1 heterocycles. The zero-order valence-electron chi connectivity index (χ0n) is 15.5. The van der Waals surface area contributed by atoms with Gasteiger partial charge in [0.2, 0.25) is 0 Å². The van der Waals surface area contributed by atoms with Crippen molar-refractivity contribution < 1.29 is 14.3 Å². The van der Waals surface area contributed by atoms with Crippen LogP contribution in [0.3, 0.4) is 0 Å². The molecule has 140 valence electrons. The molecule has 0 atom stereocenters. The van der Waals surface area contributed by atoms with Crippen LogP contribution in [0.1, 0.15) is 19.5 Å². The molecule has 0 saturated carbocycles. The minimum absolute atomic E-state index is 0.219. The van der Waals surface area contributed by atoms with Gasteiger partial charge in [0.1, 0.15) is 11.4 Å². The largest absolute Gasteiger partial charge is 0.497 e. The molecule has 3 rings (SSSR count). The van der Waals surface area contributed by atoms with Gasteiger partial charge in [0.25, 0.3) is 0 Å². The van der Waals surface area contributed by atoms with E-state index >= 15 is 0 Å². The first-order valence-electron chi connectivity index (χ1n) is 8.51. The van der Waals surface area contributed by atoms with Crippen molar-refractivity contribution in [3.05, 3.63) is 65.3 Å². The Morgan fingerprint density at radius 1 is 1.15 bits per heavy atom. The molecule has 1 aromatic heterocycles. The summed E-state index contributed by atoms with van der Waals surface area (Å²) in [6.07, 6.45) is 0.782. The summed E-state index contributed by atoms with van der Waals surface area (Å²) in [6.45, 7) is 3.66. The molecule has 0 fully saturated rings. The standard InChI is InChI=1S/C21H21ClN2O3/c1-21(2,14-25)27-13-17-12-20(15-6-4-9-19(10-15)26-3)24(23-17)18-8-5-7-16(22)11-18/h4-12,14H,13H2,1-3H3. The summed E-state index contributed by atoms with van der Waals surface area (Å²) in [5.74, 6) is 0.756. The molecule has 0 bridgehead atoms. The van der Waals surface area contributed by atoms with Crippen molar-refractivity contribution in [2.45, 2.75) is 26.1 Å². The fourth-order valence-corrected chi connectivity index (χ4v) is 2.77. The van der Waals surface area contributed by atoms with Crippen LogP contribution in [0, 0.1) is 0 Å². The van der Waals surface area contributed by atoms with Crippen LogP contribution < -0.4 is 4.74 Å². The SMILES string of the molecule is COc1cccc(-c2cc(COC(C)(C)C=O)nn2-c2cccc(Cl)c2)c1. The van der Waals surface area contributed by atoms with E-state index in [9.17, 15) is 4.79 Å². The summed E-state index contributed by atoms with van der Waals surface area (Å²) in [7, 11) is 1.63. The Labute approximate surface area is 163 Å². The van der Waals surface area contributed by atoms with Gasteiger partial charge in [0, 0.05) is 10.6 Å². The number of methoxy groups -OCH3 is 1. The molecular weight excluding hydrogens is 364 g/mol. The highest BCUT2D eigenvalue weighted by molar-refractivity contribution is 6.30.